The fourth-order valence-electron chi connectivity index (χ4n) is 1.20. The van der Waals surface area contributed by atoms with Crippen LogP contribution in [0, 0.1) is 0 Å². The van der Waals surface area contributed by atoms with Gasteiger partial charge in [-0.3, -0.25) is 4.84 Å². The number of carboxylic acids is 1. The highest BCUT2D eigenvalue weighted by atomic mass is 16.7. The molecule has 1 aromatic rings. The number of nitrogens with one attached hydrogen (secondary N) is 2. The van der Waals surface area contributed by atoms with E-state index in [1.807, 2.05) is 5.48 Å². The molecule has 104 valence electrons. The zero-order chi connectivity index (χ0) is 14.3. The summed E-state index contributed by atoms with van der Waals surface area (Å²) in [6.07, 6.45) is 0. The van der Waals surface area contributed by atoms with Crippen LogP contribution in [-0.4, -0.2) is 37.9 Å². The summed E-state index contributed by atoms with van der Waals surface area (Å²) in [5.41, 5.74) is 2.33. The molecule has 0 aliphatic heterocycles. The van der Waals surface area contributed by atoms with E-state index in [1.165, 1.54) is 14.2 Å². The molecule has 0 aromatic heterocycles. The monoisotopic (exact) mass is 270 g/mol. The number of benzene rings is 1. The number of urea groups is 1. The van der Waals surface area contributed by atoms with Crippen molar-refractivity contribution < 1.29 is 29.0 Å². The Balaban J connectivity index is 2.60. The quantitative estimate of drug-likeness (QED) is 0.661. The third-order valence-corrected chi connectivity index (χ3v) is 1.97. The van der Waals surface area contributed by atoms with Crippen LogP contribution in [0.4, 0.5) is 10.5 Å². The minimum absolute atomic E-state index is 0.410. The molecule has 0 radical (unpaired) electrons. The number of amides is 2. The van der Waals surface area contributed by atoms with Crippen molar-refractivity contribution in [2.45, 2.75) is 0 Å². The van der Waals surface area contributed by atoms with Crippen LogP contribution in [-0.2, 0) is 9.63 Å². The lowest BCUT2D eigenvalue weighted by molar-refractivity contribution is -0.143. The van der Waals surface area contributed by atoms with Crippen LogP contribution in [0.1, 0.15) is 0 Å². The van der Waals surface area contributed by atoms with E-state index in [9.17, 15) is 9.59 Å². The average Bonchev–Trinajstić information content (AvgIpc) is 2.37. The molecule has 0 aliphatic rings. The third kappa shape index (κ3) is 5.13. The lowest BCUT2D eigenvalue weighted by Crippen LogP contribution is -2.30. The first-order valence-electron chi connectivity index (χ1n) is 5.19. The van der Waals surface area contributed by atoms with Gasteiger partial charge in [0.1, 0.15) is 11.5 Å². The van der Waals surface area contributed by atoms with Crippen LogP contribution in [0.2, 0.25) is 0 Å². The minimum Gasteiger partial charge on any atom is -0.497 e. The van der Waals surface area contributed by atoms with E-state index in [1.54, 1.807) is 18.2 Å². The lowest BCUT2D eigenvalue weighted by atomic mass is 10.3. The lowest BCUT2D eigenvalue weighted by Gasteiger charge is -2.10. The SMILES string of the molecule is COc1cc(NC(=O)NOCC(=O)O)cc(OC)c1. The Labute approximate surface area is 109 Å². The number of aliphatic carboxylic acids is 1. The Morgan fingerprint density at radius 2 is 1.74 bits per heavy atom. The van der Waals surface area contributed by atoms with Gasteiger partial charge in [-0.1, -0.05) is 0 Å². The van der Waals surface area contributed by atoms with Gasteiger partial charge in [0.2, 0.25) is 0 Å². The molecule has 19 heavy (non-hydrogen) atoms. The summed E-state index contributed by atoms with van der Waals surface area (Å²) in [5.74, 6) is -0.189. The van der Waals surface area contributed by atoms with Crippen LogP contribution >= 0.6 is 0 Å². The molecule has 0 spiro atoms. The normalized spacial score (nSPS) is 9.58. The number of methoxy groups -OCH3 is 2. The molecule has 0 bridgehead atoms. The highest BCUT2D eigenvalue weighted by molar-refractivity contribution is 5.89. The molecule has 0 heterocycles. The number of ether oxygens (including phenoxy) is 2. The standard InChI is InChI=1S/C11H14N2O6/c1-17-8-3-7(4-9(5-8)18-2)12-11(16)13-19-6-10(14)15/h3-5H,6H2,1-2H3,(H,14,15)(H2,12,13,16). The number of hydrogen-bond donors (Lipinski definition) is 3. The summed E-state index contributed by atoms with van der Waals surface area (Å²) in [6, 6.07) is 4.07. The number of hydroxylamine groups is 1. The van der Waals surface area contributed by atoms with E-state index >= 15 is 0 Å². The van der Waals surface area contributed by atoms with Crippen LogP contribution in [0.3, 0.4) is 0 Å². The predicted molar refractivity (Wildman–Crippen MR) is 65.3 cm³/mol. The van der Waals surface area contributed by atoms with Crippen molar-refractivity contribution in [1.82, 2.24) is 5.48 Å². The molecular formula is C11H14N2O6. The first kappa shape index (κ1) is 14.6. The van der Waals surface area contributed by atoms with Gasteiger partial charge in [-0.15, -0.1) is 0 Å². The Morgan fingerprint density at radius 3 is 2.21 bits per heavy atom. The van der Waals surface area contributed by atoms with Crippen molar-refractivity contribution in [2.24, 2.45) is 0 Å². The van der Waals surface area contributed by atoms with Crippen LogP contribution in [0.15, 0.2) is 18.2 Å². The minimum atomic E-state index is -1.19. The number of anilines is 1. The molecule has 8 nitrogen and oxygen atoms in total. The second kappa shape index (κ2) is 7.07. The summed E-state index contributed by atoms with van der Waals surface area (Å²) in [4.78, 5) is 26.0. The van der Waals surface area contributed by atoms with Gasteiger partial charge in [-0.2, -0.15) is 0 Å². The average molecular weight is 270 g/mol. The van der Waals surface area contributed by atoms with Gasteiger partial charge in [0.15, 0.2) is 6.61 Å². The molecule has 0 saturated carbocycles. The van der Waals surface area contributed by atoms with Crippen LogP contribution in [0.25, 0.3) is 0 Å². The molecule has 1 rings (SSSR count). The summed E-state index contributed by atoms with van der Waals surface area (Å²) in [5, 5.41) is 10.8. The summed E-state index contributed by atoms with van der Waals surface area (Å²) >= 11 is 0. The largest absolute Gasteiger partial charge is 0.497 e. The maximum atomic E-state index is 11.4. The smallest absolute Gasteiger partial charge is 0.343 e. The zero-order valence-electron chi connectivity index (χ0n) is 10.4. The summed E-state index contributed by atoms with van der Waals surface area (Å²) in [7, 11) is 2.96. The van der Waals surface area contributed by atoms with Crippen molar-refractivity contribution in [3.05, 3.63) is 18.2 Å². The van der Waals surface area contributed by atoms with E-state index in [0.717, 1.165) is 0 Å². The van der Waals surface area contributed by atoms with Gasteiger partial charge < -0.3 is 19.9 Å². The van der Waals surface area contributed by atoms with Gasteiger partial charge >= 0.3 is 12.0 Å². The van der Waals surface area contributed by atoms with Gasteiger partial charge in [-0.05, 0) is 0 Å². The van der Waals surface area contributed by atoms with E-state index in [4.69, 9.17) is 14.6 Å². The maximum Gasteiger partial charge on any atom is 0.343 e. The molecule has 0 unspecified atom stereocenters. The van der Waals surface area contributed by atoms with Crippen LogP contribution in [0.5, 0.6) is 11.5 Å². The fourth-order valence-corrected chi connectivity index (χ4v) is 1.20. The molecule has 0 fully saturated rings. The second-order valence-electron chi connectivity index (χ2n) is 3.34. The first-order valence-corrected chi connectivity index (χ1v) is 5.19. The highest BCUT2D eigenvalue weighted by Crippen LogP contribution is 2.25. The second-order valence-corrected chi connectivity index (χ2v) is 3.34. The van der Waals surface area contributed by atoms with Crippen molar-refractivity contribution in [3.8, 4) is 11.5 Å². The van der Waals surface area contributed by atoms with Crippen molar-refractivity contribution in [2.75, 3.05) is 26.1 Å². The highest BCUT2D eigenvalue weighted by Gasteiger charge is 2.06. The van der Waals surface area contributed by atoms with Crippen molar-refractivity contribution in [1.29, 1.82) is 0 Å². The molecule has 2 amide bonds. The number of rotatable bonds is 6. The van der Waals surface area contributed by atoms with E-state index in [2.05, 4.69) is 10.2 Å². The van der Waals surface area contributed by atoms with Gasteiger partial charge in [-0.25, -0.2) is 15.1 Å². The Hall–Kier alpha value is -2.48. The summed E-state index contributed by atoms with van der Waals surface area (Å²) < 4.78 is 10.1. The van der Waals surface area contributed by atoms with Crippen LogP contribution < -0.4 is 20.3 Å². The number of carbonyl (C=O) groups is 2. The third-order valence-electron chi connectivity index (χ3n) is 1.97. The molecule has 3 N–H and O–H groups in total. The van der Waals surface area contributed by atoms with Gasteiger partial charge in [0.25, 0.3) is 0 Å². The molecule has 0 saturated heterocycles. The number of hydrogen-bond acceptors (Lipinski definition) is 5. The topological polar surface area (TPSA) is 106 Å². The number of carbonyl (C=O) groups excluding carboxylic acids is 1. The first-order chi connectivity index (χ1) is 9.05. The van der Waals surface area contributed by atoms with Gasteiger partial charge in [0, 0.05) is 23.9 Å². The zero-order valence-corrected chi connectivity index (χ0v) is 10.4. The molecule has 0 aliphatic carbocycles. The Kier molecular flexibility index (Phi) is 5.42. The Bertz CT molecular complexity index is 440. The van der Waals surface area contributed by atoms with Crippen molar-refractivity contribution >= 4 is 17.7 Å². The molecular weight excluding hydrogens is 256 g/mol. The van der Waals surface area contributed by atoms with Crippen molar-refractivity contribution in [3.63, 3.8) is 0 Å². The van der Waals surface area contributed by atoms with E-state index < -0.39 is 18.6 Å². The molecule has 1 aromatic carbocycles. The Morgan fingerprint density at radius 1 is 1.16 bits per heavy atom. The molecule has 8 heteroatoms. The molecule has 0 atom stereocenters. The van der Waals surface area contributed by atoms with E-state index in [0.29, 0.717) is 17.2 Å². The summed E-state index contributed by atoms with van der Waals surface area (Å²) in [6.45, 7) is -0.630. The predicted octanol–water partition coefficient (Wildman–Crippen LogP) is 0.841. The van der Waals surface area contributed by atoms with E-state index in [-0.39, 0.29) is 0 Å². The van der Waals surface area contributed by atoms with Gasteiger partial charge in [0.05, 0.1) is 14.2 Å². The number of carboxylic acid groups (broad SMARTS) is 1. The maximum absolute atomic E-state index is 11.4. The fraction of sp³-hybridized carbons (Fsp3) is 0.273.